The number of nitrogens with zero attached hydrogens (tertiary/aromatic N) is 1. The van der Waals surface area contributed by atoms with Gasteiger partial charge in [-0.15, -0.1) is 0 Å². The lowest BCUT2D eigenvalue weighted by atomic mass is 10.1. The van der Waals surface area contributed by atoms with Crippen LogP contribution in [0.5, 0.6) is 0 Å². The van der Waals surface area contributed by atoms with Crippen LogP contribution in [0.2, 0.25) is 0 Å². The second-order valence-corrected chi connectivity index (χ2v) is 3.78. The standard InChI is InChI=1S/C11H10BrNO2/c1-3-15-11(14)9-5-8(6-13)4-7(2)10(9)12/h4-5H,3H2,1-2H3. The number of carbonyl (C=O) groups excluding carboxylic acids is 1. The SMILES string of the molecule is CCOC(=O)c1cc(C#N)cc(C)c1Br. The molecule has 0 aromatic heterocycles. The molecule has 0 spiro atoms. The summed E-state index contributed by atoms with van der Waals surface area (Å²) < 4.78 is 5.57. The van der Waals surface area contributed by atoms with Crippen molar-refractivity contribution in [2.24, 2.45) is 0 Å². The molecular formula is C11H10BrNO2. The van der Waals surface area contributed by atoms with E-state index in [1.54, 1.807) is 13.0 Å². The summed E-state index contributed by atoms with van der Waals surface area (Å²) in [5.41, 5.74) is 1.70. The zero-order valence-electron chi connectivity index (χ0n) is 8.50. The topological polar surface area (TPSA) is 50.1 Å². The van der Waals surface area contributed by atoms with Crippen molar-refractivity contribution in [3.63, 3.8) is 0 Å². The summed E-state index contributed by atoms with van der Waals surface area (Å²) >= 11 is 3.30. The van der Waals surface area contributed by atoms with Gasteiger partial charge in [0.25, 0.3) is 0 Å². The second kappa shape index (κ2) is 4.94. The minimum atomic E-state index is -0.412. The highest BCUT2D eigenvalue weighted by Gasteiger charge is 2.14. The molecule has 1 aromatic carbocycles. The predicted molar refractivity (Wildman–Crippen MR) is 59.6 cm³/mol. The van der Waals surface area contributed by atoms with E-state index >= 15 is 0 Å². The van der Waals surface area contributed by atoms with Crippen molar-refractivity contribution in [1.29, 1.82) is 5.26 Å². The Morgan fingerprint density at radius 1 is 1.60 bits per heavy atom. The van der Waals surface area contributed by atoms with E-state index in [-0.39, 0.29) is 0 Å². The number of benzene rings is 1. The molecule has 4 heteroatoms. The van der Waals surface area contributed by atoms with Crippen LogP contribution in [-0.4, -0.2) is 12.6 Å². The summed E-state index contributed by atoms with van der Waals surface area (Å²) in [5, 5.41) is 8.77. The lowest BCUT2D eigenvalue weighted by molar-refractivity contribution is 0.0525. The van der Waals surface area contributed by atoms with Crippen molar-refractivity contribution in [3.05, 3.63) is 33.3 Å². The zero-order chi connectivity index (χ0) is 11.4. The highest BCUT2D eigenvalue weighted by molar-refractivity contribution is 9.10. The maximum atomic E-state index is 11.5. The molecule has 0 bridgehead atoms. The van der Waals surface area contributed by atoms with Gasteiger partial charge in [0.05, 0.1) is 23.8 Å². The minimum absolute atomic E-state index is 0.321. The molecule has 0 amide bonds. The fourth-order valence-corrected chi connectivity index (χ4v) is 1.58. The Labute approximate surface area is 96.8 Å². The number of hydrogen-bond donors (Lipinski definition) is 0. The molecule has 0 radical (unpaired) electrons. The Morgan fingerprint density at radius 2 is 2.27 bits per heavy atom. The van der Waals surface area contributed by atoms with Crippen LogP contribution >= 0.6 is 15.9 Å². The number of aryl methyl sites for hydroxylation is 1. The van der Waals surface area contributed by atoms with Gasteiger partial charge in [-0.2, -0.15) is 5.26 Å². The van der Waals surface area contributed by atoms with Crippen LogP contribution in [0, 0.1) is 18.3 Å². The van der Waals surface area contributed by atoms with Crippen molar-refractivity contribution in [2.45, 2.75) is 13.8 Å². The maximum absolute atomic E-state index is 11.5. The highest BCUT2D eigenvalue weighted by Crippen LogP contribution is 2.23. The minimum Gasteiger partial charge on any atom is -0.462 e. The van der Waals surface area contributed by atoms with E-state index in [1.165, 1.54) is 6.07 Å². The Morgan fingerprint density at radius 3 is 2.80 bits per heavy atom. The third-order valence-electron chi connectivity index (χ3n) is 1.88. The normalized spacial score (nSPS) is 9.47. The summed E-state index contributed by atoms with van der Waals surface area (Å²) in [5.74, 6) is -0.412. The van der Waals surface area contributed by atoms with Crippen molar-refractivity contribution in [2.75, 3.05) is 6.61 Å². The molecule has 0 N–H and O–H groups in total. The van der Waals surface area contributed by atoms with Gasteiger partial charge in [0.2, 0.25) is 0 Å². The number of halogens is 1. The lowest BCUT2D eigenvalue weighted by Crippen LogP contribution is -2.06. The van der Waals surface area contributed by atoms with Gasteiger partial charge in [-0.3, -0.25) is 0 Å². The molecule has 0 saturated carbocycles. The van der Waals surface area contributed by atoms with Crippen LogP contribution in [0.1, 0.15) is 28.4 Å². The van der Waals surface area contributed by atoms with Gasteiger partial charge < -0.3 is 4.74 Å². The van der Waals surface area contributed by atoms with E-state index in [0.717, 1.165) is 5.56 Å². The highest BCUT2D eigenvalue weighted by atomic mass is 79.9. The molecule has 0 atom stereocenters. The van der Waals surface area contributed by atoms with Gasteiger partial charge in [-0.25, -0.2) is 4.79 Å². The fourth-order valence-electron chi connectivity index (χ4n) is 1.19. The van der Waals surface area contributed by atoms with Crippen molar-refractivity contribution in [1.82, 2.24) is 0 Å². The van der Waals surface area contributed by atoms with Crippen LogP contribution in [-0.2, 0) is 4.74 Å². The molecule has 0 unspecified atom stereocenters. The number of nitriles is 1. The zero-order valence-corrected chi connectivity index (χ0v) is 10.1. The molecule has 0 aliphatic rings. The molecule has 0 saturated heterocycles. The molecule has 1 aromatic rings. The quantitative estimate of drug-likeness (QED) is 0.775. The molecular weight excluding hydrogens is 258 g/mol. The first-order chi connectivity index (χ1) is 7.10. The predicted octanol–water partition coefficient (Wildman–Crippen LogP) is 2.81. The average Bonchev–Trinajstić information content (AvgIpc) is 2.22. The van der Waals surface area contributed by atoms with Crippen LogP contribution in [0.3, 0.4) is 0 Å². The van der Waals surface area contributed by atoms with Gasteiger partial charge in [-0.1, -0.05) is 0 Å². The Balaban J connectivity index is 3.23. The molecule has 3 nitrogen and oxygen atoms in total. The van der Waals surface area contributed by atoms with Crippen molar-refractivity contribution < 1.29 is 9.53 Å². The Hall–Kier alpha value is -1.34. The van der Waals surface area contributed by atoms with Crippen molar-refractivity contribution >= 4 is 21.9 Å². The van der Waals surface area contributed by atoms with Crippen LogP contribution in [0.15, 0.2) is 16.6 Å². The van der Waals surface area contributed by atoms with Crippen LogP contribution < -0.4 is 0 Å². The third-order valence-corrected chi connectivity index (χ3v) is 2.93. The summed E-state index contributed by atoms with van der Waals surface area (Å²) in [4.78, 5) is 11.5. The van der Waals surface area contributed by atoms with E-state index in [0.29, 0.717) is 22.2 Å². The monoisotopic (exact) mass is 267 g/mol. The molecule has 0 aliphatic carbocycles. The van der Waals surface area contributed by atoms with Gasteiger partial charge in [-0.05, 0) is 47.5 Å². The largest absolute Gasteiger partial charge is 0.462 e. The summed E-state index contributed by atoms with van der Waals surface area (Å²) in [6.45, 7) is 3.89. The molecule has 15 heavy (non-hydrogen) atoms. The number of rotatable bonds is 2. The summed E-state index contributed by atoms with van der Waals surface area (Å²) in [6, 6.07) is 5.24. The summed E-state index contributed by atoms with van der Waals surface area (Å²) in [6.07, 6.45) is 0. The van der Waals surface area contributed by atoms with E-state index in [2.05, 4.69) is 15.9 Å². The van der Waals surface area contributed by atoms with Crippen LogP contribution in [0.25, 0.3) is 0 Å². The van der Waals surface area contributed by atoms with E-state index in [9.17, 15) is 4.79 Å². The van der Waals surface area contributed by atoms with Gasteiger partial charge >= 0.3 is 5.97 Å². The Kier molecular flexibility index (Phi) is 3.87. The van der Waals surface area contributed by atoms with E-state index in [1.807, 2.05) is 13.0 Å². The first kappa shape index (κ1) is 11.7. The van der Waals surface area contributed by atoms with Gasteiger partial charge in [0.1, 0.15) is 0 Å². The summed E-state index contributed by atoms with van der Waals surface area (Å²) in [7, 11) is 0. The molecule has 1 rings (SSSR count). The average molecular weight is 268 g/mol. The lowest BCUT2D eigenvalue weighted by Gasteiger charge is -2.07. The maximum Gasteiger partial charge on any atom is 0.339 e. The smallest absolute Gasteiger partial charge is 0.339 e. The number of esters is 1. The van der Waals surface area contributed by atoms with Gasteiger partial charge in [0.15, 0.2) is 0 Å². The van der Waals surface area contributed by atoms with Crippen LogP contribution in [0.4, 0.5) is 0 Å². The fraction of sp³-hybridized carbons (Fsp3) is 0.273. The first-order valence-electron chi connectivity index (χ1n) is 4.47. The molecule has 0 fully saturated rings. The first-order valence-corrected chi connectivity index (χ1v) is 5.26. The number of ether oxygens (including phenoxy) is 1. The molecule has 0 aliphatic heterocycles. The Bertz CT molecular complexity index is 435. The second-order valence-electron chi connectivity index (χ2n) is 2.99. The third kappa shape index (κ3) is 2.57. The van der Waals surface area contributed by atoms with E-state index < -0.39 is 5.97 Å². The van der Waals surface area contributed by atoms with E-state index in [4.69, 9.17) is 10.00 Å². The van der Waals surface area contributed by atoms with Crippen molar-refractivity contribution in [3.8, 4) is 6.07 Å². The van der Waals surface area contributed by atoms with Gasteiger partial charge in [0, 0.05) is 4.47 Å². The number of carbonyl (C=O) groups is 1. The molecule has 78 valence electrons. The number of hydrogen-bond acceptors (Lipinski definition) is 3. The molecule has 0 heterocycles.